The molecule has 2 heteroatoms. The lowest BCUT2D eigenvalue weighted by molar-refractivity contribution is -0.0737. The van der Waals surface area contributed by atoms with Crippen molar-refractivity contribution in [3.8, 4) is 0 Å². The Bertz CT molecular complexity index is 316. The quantitative estimate of drug-likeness (QED) is 0.732. The SMILES string of the molecule is CC1CC(O)(c2ccccc2Cl)C1. The molecule has 1 fully saturated rings. The zero-order chi connectivity index (χ0) is 9.47. The second-order valence-electron chi connectivity index (χ2n) is 4.02. The maximum absolute atomic E-state index is 10.1. The molecule has 2 rings (SSSR count). The summed E-state index contributed by atoms with van der Waals surface area (Å²) in [7, 11) is 0. The Morgan fingerprint density at radius 2 is 2.00 bits per heavy atom. The molecule has 70 valence electrons. The summed E-state index contributed by atoms with van der Waals surface area (Å²) in [5.74, 6) is 0.612. The van der Waals surface area contributed by atoms with E-state index in [-0.39, 0.29) is 0 Å². The molecule has 0 atom stereocenters. The van der Waals surface area contributed by atoms with E-state index in [1.54, 1.807) is 0 Å². The normalized spacial score (nSPS) is 32.7. The summed E-state index contributed by atoms with van der Waals surface area (Å²) >= 11 is 6.01. The minimum atomic E-state index is -0.655. The van der Waals surface area contributed by atoms with Crippen LogP contribution in [0.3, 0.4) is 0 Å². The number of aliphatic hydroxyl groups is 1. The fourth-order valence-corrected chi connectivity index (χ4v) is 2.46. The van der Waals surface area contributed by atoms with Crippen LogP contribution < -0.4 is 0 Å². The van der Waals surface area contributed by atoms with E-state index >= 15 is 0 Å². The van der Waals surface area contributed by atoms with Crippen LogP contribution in [0.2, 0.25) is 5.02 Å². The van der Waals surface area contributed by atoms with Gasteiger partial charge in [0.05, 0.1) is 5.60 Å². The molecule has 0 amide bonds. The van der Waals surface area contributed by atoms with Crippen LogP contribution in [0.5, 0.6) is 0 Å². The third-order valence-electron chi connectivity index (χ3n) is 2.75. The first-order valence-corrected chi connectivity index (χ1v) is 4.97. The van der Waals surface area contributed by atoms with Gasteiger partial charge in [-0.25, -0.2) is 0 Å². The highest BCUT2D eigenvalue weighted by atomic mass is 35.5. The lowest BCUT2D eigenvalue weighted by Crippen LogP contribution is -2.39. The van der Waals surface area contributed by atoms with E-state index in [1.165, 1.54) is 0 Å². The lowest BCUT2D eigenvalue weighted by Gasteiger charge is -2.42. The van der Waals surface area contributed by atoms with Gasteiger partial charge in [-0.2, -0.15) is 0 Å². The molecule has 1 aliphatic carbocycles. The zero-order valence-corrected chi connectivity index (χ0v) is 8.38. The highest BCUT2D eigenvalue weighted by Gasteiger charge is 2.42. The van der Waals surface area contributed by atoms with Gasteiger partial charge in [0.15, 0.2) is 0 Å². The Morgan fingerprint density at radius 3 is 2.54 bits per heavy atom. The average molecular weight is 197 g/mol. The Balaban J connectivity index is 2.31. The van der Waals surface area contributed by atoms with Crippen molar-refractivity contribution in [3.05, 3.63) is 34.9 Å². The smallest absolute Gasteiger partial charge is 0.0916 e. The third-order valence-corrected chi connectivity index (χ3v) is 3.08. The van der Waals surface area contributed by atoms with Gasteiger partial charge >= 0.3 is 0 Å². The number of hydrogen-bond acceptors (Lipinski definition) is 1. The van der Waals surface area contributed by atoms with Crippen LogP contribution in [0, 0.1) is 5.92 Å². The van der Waals surface area contributed by atoms with Crippen LogP contribution in [-0.2, 0) is 5.60 Å². The second kappa shape index (κ2) is 3.00. The molecule has 0 spiro atoms. The number of hydrogen-bond donors (Lipinski definition) is 1. The zero-order valence-electron chi connectivity index (χ0n) is 7.63. The van der Waals surface area contributed by atoms with E-state index in [0.29, 0.717) is 10.9 Å². The molecule has 0 aromatic heterocycles. The predicted molar refractivity (Wildman–Crippen MR) is 53.7 cm³/mol. The fourth-order valence-electron chi connectivity index (χ4n) is 2.15. The number of benzene rings is 1. The van der Waals surface area contributed by atoms with Crippen LogP contribution in [0.4, 0.5) is 0 Å². The van der Waals surface area contributed by atoms with Crippen molar-refractivity contribution < 1.29 is 5.11 Å². The lowest BCUT2D eigenvalue weighted by atomic mass is 9.68. The van der Waals surface area contributed by atoms with Crippen molar-refractivity contribution in [2.75, 3.05) is 0 Å². The molecule has 1 aliphatic rings. The van der Waals surface area contributed by atoms with Crippen LogP contribution >= 0.6 is 11.6 Å². The summed E-state index contributed by atoms with van der Waals surface area (Å²) in [5, 5.41) is 10.8. The average Bonchev–Trinajstić information content (AvgIpc) is 2.02. The van der Waals surface area contributed by atoms with Crippen molar-refractivity contribution >= 4 is 11.6 Å². The summed E-state index contributed by atoms with van der Waals surface area (Å²) in [5.41, 5.74) is 0.229. The molecule has 0 saturated heterocycles. The van der Waals surface area contributed by atoms with Gasteiger partial charge in [-0.05, 0) is 24.8 Å². The van der Waals surface area contributed by atoms with E-state index < -0.39 is 5.60 Å². The maximum atomic E-state index is 10.1. The number of halogens is 1. The van der Waals surface area contributed by atoms with Gasteiger partial charge in [0.2, 0.25) is 0 Å². The summed E-state index contributed by atoms with van der Waals surface area (Å²) in [6.45, 7) is 2.14. The minimum Gasteiger partial charge on any atom is -0.385 e. The molecular formula is C11H13ClO. The van der Waals surface area contributed by atoms with Gasteiger partial charge in [0.1, 0.15) is 0 Å². The van der Waals surface area contributed by atoms with Gasteiger partial charge in [-0.15, -0.1) is 0 Å². The van der Waals surface area contributed by atoms with Crippen LogP contribution in [0.25, 0.3) is 0 Å². The molecule has 0 bridgehead atoms. The standard InChI is InChI=1S/C11H13ClO/c1-8-6-11(13,7-8)9-4-2-3-5-10(9)12/h2-5,8,13H,6-7H2,1H3. The Morgan fingerprint density at radius 1 is 1.38 bits per heavy atom. The Kier molecular flexibility index (Phi) is 2.09. The first kappa shape index (κ1) is 9.04. The summed E-state index contributed by atoms with van der Waals surface area (Å²) in [4.78, 5) is 0. The second-order valence-corrected chi connectivity index (χ2v) is 4.43. The molecule has 13 heavy (non-hydrogen) atoms. The van der Waals surface area contributed by atoms with E-state index in [0.717, 1.165) is 18.4 Å². The van der Waals surface area contributed by atoms with Gasteiger partial charge < -0.3 is 5.11 Å². The molecule has 0 radical (unpaired) electrons. The van der Waals surface area contributed by atoms with Crippen molar-refractivity contribution in [3.63, 3.8) is 0 Å². The molecule has 1 aromatic carbocycles. The largest absolute Gasteiger partial charge is 0.385 e. The highest BCUT2D eigenvalue weighted by molar-refractivity contribution is 6.31. The summed E-state index contributed by atoms with van der Waals surface area (Å²) in [6.07, 6.45) is 1.66. The molecule has 1 saturated carbocycles. The predicted octanol–water partition coefficient (Wildman–Crippen LogP) is 2.96. The fraction of sp³-hybridized carbons (Fsp3) is 0.455. The van der Waals surface area contributed by atoms with Gasteiger partial charge in [0, 0.05) is 10.6 Å². The van der Waals surface area contributed by atoms with Crippen LogP contribution in [0.15, 0.2) is 24.3 Å². The molecule has 1 nitrogen and oxygen atoms in total. The summed E-state index contributed by atoms with van der Waals surface area (Å²) < 4.78 is 0. The first-order valence-electron chi connectivity index (χ1n) is 4.59. The monoisotopic (exact) mass is 196 g/mol. The van der Waals surface area contributed by atoms with E-state index in [2.05, 4.69) is 6.92 Å². The van der Waals surface area contributed by atoms with Crippen LogP contribution in [0.1, 0.15) is 25.3 Å². The van der Waals surface area contributed by atoms with E-state index in [4.69, 9.17) is 11.6 Å². The van der Waals surface area contributed by atoms with Crippen molar-refractivity contribution in [2.45, 2.75) is 25.4 Å². The van der Waals surface area contributed by atoms with Crippen molar-refractivity contribution in [1.82, 2.24) is 0 Å². The minimum absolute atomic E-state index is 0.612. The van der Waals surface area contributed by atoms with Crippen LogP contribution in [-0.4, -0.2) is 5.11 Å². The van der Waals surface area contributed by atoms with Gasteiger partial charge in [0.25, 0.3) is 0 Å². The number of rotatable bonds is 1. The van der Waals surface area contributed by atoms with Crippen molar-refractivity contribution in [1.29, 1.82) is 0 Å². The van der Waals surface area contributed by atoms with E-state index in [9.17, 15) is 5.11 Å². The molecule has 0 aliphatic heterocycles. The summed E-state index contributed by atoms with van der Waals surface area (Å²) in [6, 6.07) is 7.55. The first-order chi connectivity index (χ1) is 6.12. The Labute approximate surface area is 83.3 Å². The maximum Gasteiger partial charge on any atom is 0.0916 e. The van der Waals surface area contributed by atoms with Crippen molar-refractivity contribution in [2.24, 2.45) is 5.92 Å². The molecule has 1 N–H and O–H groups in total. The third kappa shape index (κ3) is 1.47. The van der Waals surface area contributed by atoms with E-state index in [1.807, 2.05) is 24.3 Å². The van der Waals surface area contributed by atoms with Gasteiger partial charge in [-0.1, -0.05) is 36.7 Å². The molecule has 0 heterocycles. The Hall–Kier alpha value is -0.530. The molecular weight excluding hydrogens is 184 g/mol. The van der Waals surface area contributed by atoms with Gasteiger partial charge in [-0.3, -0.25) is 0 Å². The topological polar surface area (TPSA) is 20.2 Å². The molecule has 0 unspecified atom stereocenters. The highest BCUT2D eigenvalue weighted by Crippen LogP contribution is 2.47. The molecule has 1 aromatic rings.